The summed E-state index contributed by atoms with van der Waals surface area (Å²) < 4.78 is 4.61. The Bertz CT molecular complexity index is 538. The molecule has 0 aliphatic heterocycles. The SMILES string of the molecule is O=c1[nH]occ1-c1ccc([N+](=O)[O-])cc1. The molecule has 2 aromatic rings. The lowest BCUT2D eigenvalue weighted by Gasteiger charge is -1.94. The Morgan fingerprint density at radius 3 is 2.40 bits per heavy atom. The van der Waals surface area contributed by atoms with Gasteiger partial charge in [0.1, 0.15) is 6.26 Å². The first-order valence-electron chi connectivity index (χ1n) is 4.09. The van der Waals surface area contributed by atoms with Crippen LogP contribution in [0.25, 0.3) is 11.1 Å². The van der Waals surface area contributed by atoms with Crippen molar-refractivity contribution in [3.63, 3.8) is 0 Å². The van der Waals surface area contributed by atoms with Crippen molar-refractivity contribution in [1.82, 2.24) is 5.16 Å². The van der Waals surface area contributed by atoms with E-state index < -0.39 is 4.92 Å². The predicted molar refractivity (Wildman–Crippen MR) is 51.4 cm³/mol. The standard InChI is InChI=1S/C9H6N2O4/c12-9-8(5-15-10-9)6-1-3-7(4-2-6)11(13)14/h1-5H,(H,10,12). The van der Waals surface area contributed by atoms with Crippen LogP contribution in [0, 0.1) is 10.1 Å². The summed E-state index contributed by atoms with van der Waals surface area (Å²) in [6.45, 7) is 0. The van der Waals surface area contributed by atoms with Gasteiger partial charge < -0.3 is 4.52 Å². The number of benzene rings is 1. The molecule has 1 aromatic carbocycles. The zero-order valence-corrected chi connectivity index (χ0v) is 7.47. The molecule has 15 heavy (non-hydrogen) atoms. The van der Waals surface area contributed by atoms with Gasteiger partial charge in [0, 0.05) is 12.1 Å². The molecular weight excluding hydrogens is 200 g/mol. The molecule has 0 aliphatic carbocycles. The summed E-state index contributed by atoms with van der Waals surface area (Å²) in [5.74, 6) is 0. The van der Waals surface area contributed by atoms with Gasteiger partial charge in [-0.05, 0) is 17.7 Å². The number of nitro benzene ring substituents is 1. The number of hydrogen-bond acceptors (Lipinski definition) is 4. The van der Waals surface area contributed by atoms with E-state index in [0.717, 1.165) is 0 Å². The van der Waals surface area contributed by atoms with Crippen molar-refractivity contribution in [3.8, 4) is 11.1 Å². The van der Waals surface area contributed by atoms with E-state index in [-0.39, 0.29) is 11.2 Å². The Morgan fingerprint density at radius 1 is 1.27 bits per heavy atom. The van der Waals surface area contributed by atoms with Crippen LogP contribution in [-0.4, -0.2) is 10.1 Å². The van der Waals surface area contributed by atoms with Gasteiger partial charge in [-0.15, -0.1) is 0 Å². The summed E-state index contributed by atoms with van der Waals surface area (Å²) in [6.07, 6.45) is 1.27. The van der Waals surface area contributed by atoms with E-state index >= 15 is 0 Å². The first-order valence-corrected chi connectivity index (χ1v) is 4.09. The molecule has 2 rings (SSSR count). The summed E-state index contributed by atoms with van der Waals surface area (Å²) in [5, 5.41) is 12.5. The molecule has 0 saturated heterocycles. The van der Waals surface area contributed by atoms with Crippen LogP contribution >= 0.6 is 0 Å². The van der Waals surface area contributed by atoms with Crippen molar-refractivity contribution in [1.29, 1.82) is 0 Å². The third kappa shape index (κ3) is 1.64. The van der Waals surface area contributed by atoms with E-state index in [4.69, 9.17) is 0 Å². The number of aromatic amines is 1. The normalized spacial score (nSPS) is 10.1. The molecule has 0 aliphatic rings. The minimum atomic E-state index is -0.497. The second-order valence-electron chi connectivity index (χ2n) is 2.88. The molecule has 0 saturated carbocycles. The fourth-order valence-electron chi connectivity index (χ4n) is 1.21. The number of aromatic nitrogens is 1. The summed E-state index contributed by atoms with van der Waals surface area (Å²) in [4.78, 5) is 21.0. The maximum Gasteiger partial charge on any atom is 0.287 e. The molecule has 0 amide bonds. The second kappa shape index (κ2) is 3.41. The van der Waals surface area contributed by atoms with Gasteiger partial charge in [0.2, 0.25) is 0 Å². The quantitative estimate of drug-likeness (QED) is 0.596. The maximum atomic E-state index is 11.2. The van der Waals surface area contributed by atoms with Gasteiger partial charge in [-0.2, -0.15) is 5.16 Å². The number of H-pyrrole nitrogens is 1. The van der Waals surface area contributed by atoms with Crippen LogP contribution in [0.15, 0.2) is 39.8 Å². The highest BCUT2D eigenvalue weighted by molar-refractivity contribution is 5.62. The van der Waals surface area contributed by atoms with Crippen molar-refractivity contribution in [2.45, 2.75) is 0 Å². The largest absolute Gasteiger partial charge is 0.386 e. The Kier molecular flexibility index (Phi) is 2.09. The van der Waals surface area contributed by atoms with E-state index in [2.05, 4.69) is 9.68 Å². The molecule has 1 aromatic heterocycles. The van der Waals surface area contributed by atoms with Crippen LogP contribution < -0.4 is 5.56 Å². The fourth-order valence-corrected chi connectivity index (χ4v) is 1.21. The van der Waals surface area contributed by atoms with Gasteiger partial charge >= 0.3 is 0 Å². The minimum Gasteiger partial charge on any atom is -0.386 e. The number of rotatable bonds is 2. The highest BCUT2D eigenvalue weighted by Gasteiger charge is 2.08. The lowest BCUT2D eigenvalue weighted by atomic mass is 10.1. The van der Waals surface area contributed by atoms with Crippen LogP contribution in [0.3, 0.4) is 0 Å². The van der Waals surface area contributed by atoms with E-state index in [0.29, 0.717) is 11.1 Å². The van der Waals surface area contributed by atoms with Gasteiger partial charge in [-0.3, -0.25) is 14.9 Å². The first kappa shape index (κ1) is 9.20. The Hall–Kier alpha value is -2.37. The lowest BCUT2D eigenvalue weighted by Crippen LogP contribution is -2.00. The molecule has 0 atom stereocenters. The third-order valence-corrected chi connectivity index (χ3v) is 1.96. The molecule has 6 heteroatoms. The monoisotopic (exact) mass is 206 g/mol. The van der Waals surface area contributed by atoms with Gasteiger partial charge in [0.05, 0.1) is 10.5 Å². The summed E-state index contributed by atoms with van der Waals surface area (Å²) in [7, 11) is 0. The van der Waals surface area contributed by atoms with Crippen LogP contribution in [-0.2, 0) is 0 Å². The van der Waals surface area contributed by atoms with Crippen molar-refractivity contribution in [3.05, 3.63) is 51.0 Å². The first-order chi connectivity index (χ1) is 7.18. The Morgan fingerprint density at radius 2 is 1.93 bits per heavy atom. The average molecular weight is 206 g/mol. The molecule has 6 nitrogen and oxygen atoms in total. The van der Waals surface area contributed by atoms with E-state index in [1.807, 2.05) is 0 Å². The minimum absolute atomic E-state index is 0.0151. The van der Waals surface area contributed by atoms with Crippen LogP contribution in [0.5, 0.6) is 0 Å². The number of hydrogen-bond donors (Lipinski definition) is 1. The Balaban J connectivity index is 2.44. The van der Waals surface area contributed by atoms with E-state index in [1.54, 1.807) is 0 Å². The van der Waals surface area contributed by atoms with Gasteiger partial charge in [-0.25, -0.2) is 0 Å². The van der Waals surface area contributed by atoms with Gasteiger partial charge in [0.15, 0.2) is 0 Å². The van der Waals surface area contributed by atoms with Crippen LogP contribution in [0.1, 0.15) is 0 Å². The van der Waals surface area contributed by atoms with E-state index in [1.165, 1.54) is 30.5 Å². The molecule has 1 heterocycles. The molecule has 76 valence electrons. The predicted octanol–water partition coefficient (Wildman–Crippen LogP) is 1.54. The van der Waals surface area contributed by atoms with Crippen LogP contribution in [0.4, 0.5) is 5.69 Å². The summed E-state index contributed by atoms with van der Waals surface area (Å²) in [6, 6.07) is 5.67. The highest BCUT2D eigenvalue weighted by atomic mass is 16.6. The van der Waals surface area contributed by atoms with Crippen molar-refractivity contribution < 1.29 is 9.45 Å². The smallest absolute Gasteiger partial charge is 0.287 e. The Labute approximate surface area is 83.3 Å². The number of nitro groups is 1. The summed E-state index contributed by atoms with van der Waals surface area (Å²) >= 11 is 0. The lowest BCUT2D eigenvalue weighted by molar-refractivity contribution is -0.384. The average Bonchev–Trinajstić information content (AvgIpc) is 2.65. The number of nitrogens with zero attached hydrogens (tertiary/aromatic N) is 1. The van der Waals surface area contributed by atoms with E-state index in [9.17, 15) is 14.9 Å². The maximum absolute atomic E-state index is 11.2. The molecule has 0 radical (unpaired) electrons. The topological polar surface area (TPSA) is 89.1 Å². The molecule has 1 N–H and O–H groups in total. The third-order valence-electron chi connectivity index (χ3n) is 1.96. The number of nitrogens with one attached hydrogen (secondary N) is 1. The molecule has 0 bridgehead atoms. The molecule has 0 unspecified atom stereocenters. The molecule has 0 fully saturated rings. The zero-order chi connectivity index (χ0) is 10.8. The molecule has 0 spiro atoms. The molecular formula is C9H6N2O4. The highest BCUT2D eigenvalue weighted by Crippen LogP contribution is 2.19. The number of non-ortho nitro benzene ring substituents is 1. The summed E-state index contributed by atoms with van der Waals surface area (Å²) in [5.41, 5.74) is 0.558. The second-order valence-corrected chi connectivity index (χ2v) is 2.88. The van der Waals surface area contributed by atoms with Crippen molar-refractivity contribution in [2.75, 3.05) is 0 Å². The fraction of sp³-hybridized carbons (Fsp3) is 0. The van der Waals surface area contributed by atoms with Gasteiger partial charge in [-0.1, -0.05) is 0 Å². The van der Waals surface area contributed by atoms with Crippen molar-refractivity contribution in [2.24, 2.45) is 0 Å². The van der Waals surface area contributed by atoms with Gasteiger partial charge in [0.25, 0.3) is 11.2 Å². The van der Waals surface area contributed by atoms with Crippen LogP contribution in [0.2, 0.25) is 0 Å². The van der Waals surface area contributed by atoms with Crippen molar-refractivity contribution >= 4 is 5.69 Å². The zero-order valence-electron chi connectivity index (χ0n) is 7.47.